The van der Waals surface area contributed by atoms with Crippen LogP contribution < -0.4 is 14.4 Å². The Labute approximate surface area is 235 Å². The predicted octanol–water partition coefficient (Wildman–Crippen LogP) is 4.75. The first-order chi connectivity index (χ1) is 19.2. The maximum atomic E-state index is 13.9. The van der Waals surface area contributed by atoms with Gasteiger partial charge < -0.3 is 15.0 Å². The summed E-state index contributed by atoms with van der Waals surface area (Å²) in [7, 11) is -4.15. The lowest BCUT2D eigenvalue weighted by molar-refractivity contribution is -0.139. The highest BCUT2D eigenvalue weighted by molar-refractivity contribution is 7.92. The number of nitrogens with one attached hydrogen (secondary N) is 1. The zero-order chi connectivity index (χ0) is 29.1. The summed E-state index contributed by atoms with van der Waals surface area (Å²) in [5.74, 6) is -0.814. The third kappa shape index (κ3) is 8.05. The largest absolute Gasteiger partial charge is 0.494 e. The number of carbonyl (C=O) groups excluding carboxylic acids is 2. The van der Waals surface area contributed by atoms with Gasteiger partial charge in [0.05, 0.1) is 17.2 Å². The van der Waals surface area contributed by atoms with Crippen LogP contribution in [0.3, 0.4) is 0 Å². The molecule has 0 spiro atoms. The highest BCUT2D eigenvalue weighted by Gasteiger charge is 2.32. The molecule has 0 bridgehead atoms. The molecule has 0 aliphatic carbocycles. The number of hydrogen-bond acceptors (Lipinski definition) is 5. The summed E-state index contributed by atoms with van der Waals surface area (Å²) < 4.78 is 47.6. The topological polar surface area (TPSA) is 96.0 Å². The molecule has 0 aliphatic heterocycles. The van der Waals surface area contributed by atoms with E-state index in [1.807, 2.05) is 13.8 Å². The molecule has 1 atom stereocenters. The quantitative estimate of drug-likeness (QED) is 0.283. The second-order valence-electron chi connectivity index (χ2n) is 9.22. The van der Waals surface area contributed by atoms with Gasteiger partial charge in [0.25, 0.3) is 10.0 Å². The Kier molecular flexibility index (Phi) is 11.1. The van der Waals surface area contributed by atoms with Crippen molar-refractivity contribution in [3.05, 3.63) is 90.2 Å². The number of anilines is 1. The second kappa shape index (κ2) is 14.5. The number of hydrogen-bond donors (Lipinski definition) is 1. The van der Waals surface area contributed by atoms with E-state index < -0.39 is 34.3 Å². The highest BCUT2D eigenvalue weighted by atomic mass is 32.2. The number of unbranched alkanes of at least 4 members (excludes halogenated alkanes) is 1. The van der Waals surface area contributed by atoms with E-state index >= 15 is 0 Å². The molecule has 0 saturated heterocycles. The summed E-state index contributed by atoms with van der Waals surface area (Å²) in [6.07, 6.45) is 1.67. The van der Waals surface area contributed by atoms with Gasteiger partial charge in [-0.25, -0.2) is 12.8 Å². The summed E-state index contributed by atoms with van der Waals surface area (Å²) in [5, 5.41) is 2.83. The molecule has 3 aromatic rings. The van der Waals surface area contributed by atoms with Crippen molar-refractivity contribution in [2.45, 2.75) is 51.1 Å². The molecule has 40 heavy (non-hydrogen) atoms. The number of amides is 2. The Morgan fingerprint density at radius 3 is 2.20 bits per heavy atom. The number of ether oxygens (including phenoxy) is 1. The van der Waals surface area contributed by atoms with Crippen LogP contribution >= 0.6 is 0 Å². The fraction of sp³-hybridized carbons (Fsp3) is 0.333. The fourth-order valence-corrected chi connectivity index (χ4v) is 5.46. The predicted molar refractivity (Wildman–Crippen MR) is 153 cm³/mol. The number of nitrogens with zero attached hydrogens (tertiary/aromatic N) is 2. The summed E-state index contributed by atoms with van der Waals surface area (Å²) in [6.45, 7) is 5.77. The number of benzene rings is 3. The minimum absolute atomic E-state index is 0.00994. The van der Waals surface area contributed by atoms with Crippen molar-refractivity contribution < 1.29 is 27.1 Å². The van der Waals surface area contributed by atoms with Crippen molar-refractivity contribution in [1.29, 1.82) is 0 Å². The first kappa shape index (κ1) is 30.6. The van der Waals surface area contributed by atoms with E-state index in [0.29, 0.717) is 24.5 Å². The summed E-state index contributed by atoms with van der Waals surface area (Å²) in [4.78, 5) is 28.2. The van der Waals surface area contributed by atoms with Gasteiger partial charge in [0, 0.05) is 13.1 Å². The zero-order valence-corrected chi connectivity index (χ0v) is 23.9. The van der Waals surface area contributed by atoms with E-state index in [2.05, 4.69) is 5.32 Å². The Morgan fingerprint density at radius 2 is 1.60 bits per heavy atom. The molecule has 8 nitrogen and oxygen atoms in total. The highest BCUT2D eigenvalue weighted by Crippen LogP contribution is 2.26. The van der Waals surface area contributed by atoms with E-state index in [1.54, 1.807) is 49.4 Å². The lowest BCUT2D eigenvalue weighted by Crippen LogP contribution is -2.51. The van der Waals surface area contributed by atoms with Crippen LogP contribution in [0, 0.1) is 5.82 Å². The minimum atomic E-state index is -4.15. The van der Waals surface area contributed by atoms with Gasteiger partial charge in [0.15, 0.2) is 0 Å². The van der Waals surface area contributed by atoms with Gasteiger partial charge in [0.1, 0.15) is 24.2 Å². The maximum absolute atomic E-state index is 13.9. The molecule has 0 heterocycles. The van der Waals surface area contributed by atoms with Crippen molar-refractivity contribution in [3.63, 3.8) is 0 Å². The summed E-state index contributed by atoms with van der Waals surface area (Å²) in [5.41, 5.74) is 0.865. The van der Waals surface area contributed by atoms with Crippen molar-refractivity contribution in [2.24, 2.45) is 0 Å². The number of carbonyl (C=O) groups is 2. The molecule has 1 N–H and O–H groups in total. The number of sulfonamides is 1. The van der Waals surface area contributed by atoms with Gasteiger partial charge in [-0.05, 0) is 74.4 Å². The third-order valence-corrected chi connectivity index (χ3v) is 8.10. The standard InChI is InChI=1S/C30H36FN3O5S/c1-4-6-20-32-30(36)23(3)33(21-24-12-14-25(31)15-13-24)29(35)22-34(26-16-18-27(19-17-26)39-5-2)40(37,38)28-10-8-7-9-11-28/h7-19,23H,4-6,20-22H2,1-3H3,(H,32,36)/t23-/m1/s1. The lowest BCUT2D eigenvalue weighted by Gasteiger charge is -2.32. The first-order valence-electron chi connectivity index (χ1n) is 13.3. The van der Waals surface area contributed by atoms with Crippen LogP contribution in [0.4, 0.5) is 10.1 Å². The minimum Gasteiger partial charge on any atom is -0.494 e. The third-order valence-electron chi connectivity index (χ3n) is 6.31. The van der Waals surface area contributed by atoms with E-state index in [9.17, 15) is 22.4 Å². The molecule has 214 valence electrons. The molecule has 3 aromatic carbocycles. The molecular weight excluding hydrogens is 533 g/mol. The lowest BCUT2D eigenvalue weighted by atomic mass is 10.1. The van der Waals surface area contributed by atoms with Gasteiger partial charge in [-0.15, -0.1) is 0 Å². The van der Waals surface area contributed by atoms with Crippen LogP contribution in [0.2, 0.25) is 0 Å². The van der Waals surface area contributed by atoms with E-state index in [1.165, 1.54) is 41.3 Å². The number of rotatable bonds is 14. The zero-order valence-electron chi connectivity index (χ0n) is 23.0. The molecule has 10 heteroatoms. The van der Waals surface area contributed by atoms with Crippen molar-refractivity contribution in [2.75, 3.05) is 24.0 Å². The molecule has 3 rings (SSSR count). The van der Waals surface area contributed by atoms with Crippen molar-refractivity contribution in [1.82, 2.24) is 10.2 Å². The van der Waals surface area contributed by atoms with E-state index in [4.69, 9.17) is 4.74 Å². The van der Waals surface area contributed by atoms with Crippen molar-refractivity contribution >= 4 is 27.5 Å². The Bertz CT molecular complexity index is 1350. The van der Waals surface area contributed by atoms with Gasteiger partial charge in [0.2, 0.25) is 11.8 Å². The SMILES string of the molecule is CCCCNC(=O)[C@@H](C)N(Cc1ccc(F)cc1)C(=O)CN(c1ccc(OCC)cc1)S(=O)(=O)c1ccccc1. The molecule has 0 unspecified atom stereocenters. The van der Waals surface area contributed by atoms with Gasteiger partial charge in [-0.1, -0.05) is 43.7 Å². The molecule has 0 radical (unpaired) electrons. The molecule has 0 aromatic heterocycles. The van der Waals surface area contributed by atoms with Gasteiger partial charge in [-0.3, -0.25) is 13.9 Å². The average molecular weight is 570 g/mol. The Morgan fingerprint density at radius 1 is 0.950 bits per heavy atom. The first-order valence-corrected chi connectivity index (χ1v) is 14.7. The van der Waals surface area contributed by atoms with Crippen LogP contribution in [0.1, 0.15) is 39.2 Å². The molecule has 0 fully saturated rings. The number of halogens is 1. The second-order valence-corrected chi connectivity index (χ2v) is 11.1. The average Bonchev–Trinajstić information content (AvgIpc) is 2.96. The summed E-state index contributed by atoms with van der Waals surface area (Å²) in [6, 6.07) is 19.0. The van der Waals surface area contributed by atoms with Gasteiger partial charge >= 0.3 is 0 Å². The Balaban J connectivity index is 1.98. The molecule has 2 amide bonds. The van der Waals surface area contributed by atoms with Crippen LogP contribution in [-0.4, -0.2) is 50.9 Å². The Hall–Kier alpha value is -3.92. The smallest absolute Gasteiger partial charge is 0.264 e. The van der Waals surface area contributed by atoms with Gasteiger partial charge in [-0.2, -0.15) is 0 Å². The molecule has 0 aliphatic rings. The van der Waals surface area contributed by atoms with E-state index in [0.717, 1.165) is 17.1 Å². The molecule has 0 saturated carbocycles. The van der Waals surface area contributed by atoms with Crippen LogP contribution in [-0.2, 0) is 26.2 Å². The molecular formula is C30H36FN3O5S. The summed E-state index contributed by atoms with van der Waals surface area (Å²) >= 11 is 0. The van der Waals surface area contributed by atoms with Crippen LogP contribution in [0.15, 0.2) is 83.8 Å². The van der Waals surface area contributed by atoms with Crippen molar-refractivity contribution in [3.8, 4) is 5.75 Å². The van der Waals surface area contributed by atoms with Crippen LogP contribution in [0.5, 0.6) is 5.75 Å². The normalized spacial score (nSPS) is 11.9. The maximum Gasteiger partial charge on any atom is 0.264 e. The van der Waals surface area contributed by atoms with E-state index in [-0.39, 0.29) is 23.0 Å². The monoisotopic (exact) mass is 569 g/mol. The fourth-order valence-electron chi connectivity index (χ4n) is 4.03. The van der Waals surface area contributed by atoms with Crippen LogP contribution in [0.25, 0.3) is 0 Å².